The van der Waals surface area contributed by atoms with E-state index in [0.717, 1.165) is 11.9 Å². The number of nitrogens with zero attached hydrogens (tertiary/aromatic N) is 1. The molecule has 52 heavy (non-hydrogen) atoms. The van der Waals surface area contributed by atoms with Gasteiger partial charge in [-0.1, -0.05) is 127 Å². The van der Waals surface area contributed by atoms with Crippen molar-refractivity contribution in [1.82, 2.24) is 9.55 Å². The van der Waals surface area contributed by atoms with Gasteiger partial charge >= 0.3 is 0 Å². The predicted octanol–water partition coefficient (Wildman–Crippen LogP) is 13.2. The molecule has 0 spiro atoms. The van der Waals surface area contributed by atoms with Crippen LogP contribution in [0.1, 0.15) is 22.4 Å². The number of benzene rings is 7. The standard InChI is InChI=1S/C50H36N2/c1-33-27-39(35-17-8-3-9-18-35)31-45-46-32-40(36-19-10-4-11-20-36)30-42(50(46)51-49(33)45)38-25-26-48-44(29-38)43-28-37(34-15-6-2-7-16-34)21-14-24-47(43)52(48)41-22-12-5-13-23-41/h2-23,25-32,51H,24H2,1H3. The minimum atomic E-state index is 0.847. The number of nitrogens with one attached hydrogen (secondary N) is 1. The first-order valence-corrected chi connectivity index (χ1v) is 18.1. The second kappa shape index (κ2) is 12.3. The lowest BCUT2D eigenvalue weighted by atomic mass is 9.93. The van der Waals surface area contributed by atoms with E-state index < -0.39 is 0 Å². The zero-order valence-electron chi connectivity index (χ0n) is 29.0. The minimum absolute atomic E-state index is 0.847. The van der Waals surface area contributed by atoms with Gasteiger partial charge in [0.25, 0.3) is 0 Å². The number of fused-ring (bicyclic) bond motifs is 6. The van der Waals surface area contributed by atoms with Crippen molar-refractivity contribution in [1.29, 1.82) is 0 Å². The average molecular weight is 665 g/mol. The van der Waals surface area contributed by atoms with Gasteiger partial charge in [-0.05, 0) is 106 Å². The quantitative estimate of drug-likeness (QED) is 0.189. The fourth-order valence-corrected chi connectivity index (χ4v) is 8.18. The van der Waals surface area contributed by atoms with Crippen LogP contribution in [0.15, 0.2) is 176 Å². The molecule has 2 nitrogen and oxygen atoms in total. The summed E-state index contributed by atoms with van der Waals surface area (Å²) in [5.41, 5.74) is 18.3. The van der Waals surface area contributed by atoms with Gasteiger partial charge in [-0.25, -0.2) is 0 Å². The summed E-state index contributed by atoms with van der Waals surface area (Å²) in [4.78, 5) is 3.92. The van der Waals surface area contributed by atoms with Gasteiger partial charge in [-0.3, -0.25) is 0 Å². The molecule has 0 aliphatic heterocycles. The third-order valence-electron chi connectivity index (χ3n) is 10.7. The van der Waals surface area contributed by atoms with Crippen molar-refractivity contribution in [3.8, 4) is 39.1 Å². The highest BCUT2D eigenvalue weighted by Gasteiger charge is 2.21. The average Bonchev–Trinajstić information content (AvgIpc) is 3.64. The SMILES string of the molecule is Cc1cc(-c2ccccc2)cc2c1[nH]c1c(-c3ccc4c(c3)c3c(n4-c4ccccc4)CC=CC(c4ccccc4)=C3)cc(-c3ccccc3)cc12. The van der Waals surface area contributed by atoms with Gasteiger partial charge in [0, 0.05) is 50.6 Å². The Kier molecular flexibility index (Phi) is 7.14. The van der Waals surface area contributed by atoms with E-state index in [1.165, 1.54) is 94.2 Å². The number of para-hydroxylation sites is 1. The van der Waals surface area contributed by atoms with Crippen molar-refractivity contribution in [2.45, 2.75) is 13.3 Å². The Bertz CT molecular complexity index is 2830. The van der Waals surface area contributed by atoms with Crippen molar-refractivity contribution in [2.75, 3.05) is 0 Å². The maximum absolute atomic E-state index is 3.92. The van der Waals surface area contributed by atoms with Crippen LogP contribution in [0.3, 0.4) is 0 Å². The molecule has 1 N–H and O–H groups in total. The summed E-state index contributed by atoms with van der Waals surface area (Å²) in [5, 5.41) is 3.74. The van der Waals surface area contributed by atoms with Crippen molar-refractivity contribution >= 4 is 44.4 Å². The van der Waals surface area contributed by atoms with Crippen molar-refractivity contribution in [3.05, 3.63) is 198 Å². The highest BCUT2D eigenvalue weighted by molar-refractivity contribution is 6.15. The lowest BCUT2D eigenvalue weighted by molar-refractivity contribution is 1.00. The number of aryl methyl sites for hydroxylation is 1. The molecule has 0 fully saturated rings. The van der Waals surface area contributed by atoms with Gasteiger partial charge in [0.1, 0.15) is 0 Å². The lowest BCUT2D eigenvalue weighted by Crippen LogP contribution is -1.99. The van der Waals surface area contributed by atoms with Crippen molar-refractivity contribution < 1.29 is 0 Å². The van der Waals surface area contributed by atoms with E-state index in [1.807, 2.05) is 0 Å². The van der Waals surface area contributed by atoms with Crippen LogP contribution in [0.4, 0.5) is 0 Å². The fraction of sp³-hybridized carbons (Fsp3) is 0.0400. The first-order chi connectivity index (χ1) is 25.7. The molecular weight excluding hydrogens is 629 g/mol. The third-order valence-corrected chi connectivity index (χ3v) is 10.7. The summed E-state index contributed by atoms with van der Waals surface area (Å²) in [6, 6.07) is 59.5. The van der Waals surface area contributed by atoms with Crippen LogP contribution in [-0.2, 0) is 6.42 Å². The summed E-state index contributed by atoms with van der Waals surface area (Å²) in [6.07, 6.45) is 7.84. The monoisotopic (exact) mass is 664 g/mol. The molecule has 9 aromatic rings. The molecule has 0 saturated carbocycles. The molecule has 2 heteroatoms. The molecule has 246 valence electrons. The van der Waals surface area contributed by atoms with Crippen LogP contribution in [0, 0.1) is 6.92 Å². The van der Waals surface area contributed by atoms with E-state index in [0.29, 0.717) is 0 Å². The second-order valence-electron chi connectivity index (χ2n) is 13.9. The van der Waals surface area contributed by atoms with E-state index >= 15 is 0 Å². The Morgan fingerprint density at radius 3 is 1.75 bits per heavy atom. The molecule has 2 aromatic heterocycles. The first kappa shape index (κ1) is 30.2. The molecule has 10 rings (SSSR count). The summed E-state index contributed by atoms with van der Waals surface area (Å²) in [5.74, 6) is 0. The summed E-state index contributed by atoms with van der Waals surface area (Å²) in [6.45, 7) is 2.22. The van der Waals surface area contributed by atoms with Crippen molar-refractivity contribution in [2.24, 2.45) is 0 Å². The maximum atomic E-state index is 3.92. The van der Waals surface area contributed by atoms with Gasteiger partial charge in [0.2, 0.25) is 0 Å². The second-order valence-corrected chi connectivity index (χ2v) is 13.9. The highest BCUT2D eigenvalue weighted by atomic mass is 15.0. The Hall–Kier alpha value is -6.64. The van der Waals surface area contributed by atoms with Crippen LogP contribution in [0.5, 0.6) is 0 Å². The Balaban J connectivity index is 1.25. The number of hydrogen-bond acceptors (Lipinski definition) is 0. The van der Waals surface area contributed by atoms with E-state index in [1.54, 1.807) is 0 Å². The number of aromatic amines is 1. The zero-order valence-corrected chi connectivity index (χ0v) is 29.0. The molecule has 1 aliphatic rings. The lowest BCUT2D eigenvalue weighted by Gasteiger charge is -2.11. The predicted molar refractivity (Wildman–Crippen MR) is 221 cm³/mol. The molecule has 0 saturated heterocycles. The van der Waals surface area contributed by atoms with E-state index in [9.17, 15) is 0 Å². The van der Waals surface area contributed by atoms with Crippen LogP contribution < -0.4 is 0 Å². The number of rotatable bonds is 5. The summed E-state index contributed by atoms with van der Waals surface area (Å²) < 4.78 is 2.45. The van der Waals surface area contributed by atoms with E-state index in [4.69, 9.17) is 0 Å². The van der Waals surface area contributed by atoms with Gasteiger partial charge in [-0.15, -0.1) is 0 Å². The normalized spacial score (nSPS) is 12.7. The number of hydrogen-bond donors (Lipinski definition) is 1. The van der Waals surface area contributed by atoms with E-state index in [-0.39, 0.29) is 0 Å². The smallest absolute Gasteiger partial charge is 0.0545 e. The molecule has 0 bridgehead atoms. The fourth-order valence-electron chi connectivity index (χ4n) is 8.18. The van der Waals surface area contributed by atoms with Crippen LogP contribution in [-0.4, -0.2) is 9.55 Å². The summed E-state index contributed by atoms with van der Waals surface area (Å²) in [7, 11) is 0. The molecule has 1 aliphatic carbocycles. The Labute approximate surface area is 303 Å². The summed E-state index contributed by atoms with van der Waals surface area (Å²) >= 11 is 0. The number of aromatic nitrogens is 2. The van der Waals surface area contributed by atoms with Gasteiger partial charge in [-0.2, -0.15) is 0 Å². The van der Waals surface area contributed by atoms with Crippen LogP contribution in [0.25, 0.3) is 83.4 Å². The highest BCUT2D eigenvalue weighted by Crippen LogP contribution is 2.42. The Morgan fingerprint density at radius 1 is 0.500 bits per heavy atom. The molecule has 0 radical (unpaired) electrons. The molecule has 0 atom stereocenters. The van der Waals surface area contributed by atoms with Gasteiger partial charge in [0.15, 0.2) is 0 Å². The first-order valence-electron chi connectivity index (χ1n) is 18.1. The molecule has 0 amide bonds. The molecule has 2 heterocycles. The zero-order chi connectivity index (χ0) is 34.6. The van der Waals surface area contributed by atoms with Crippen molar-refractivity contribution in [3.63, 3.8) is 0 Å². The maximum Gasteiger partial charge on any atom is 0.0545 e. The number of allylic oxidation sites excluding steroid dienone is 3. The molecule has 7 aromatic carbocycles. The minimum Gasteiger partial charge on any atom is -0.354 e. The molecule has 0 unspecified atom stereocenters. The number of H-pyrrole nitrogens is 1. The van der Waals surface area contributed by atoms with Crippen LogP contribution in [0.2, 0.25) is 0 Å². The largest absolute Gasteiger partial charge is 0.354 e. The topological polar surface area (TPSA) is 20.7 Å². The Morgan fingerprint density at radius 2 is 1.08 bits per heavy atom. The van der Waals surface area contributed by atoms with Gasteiger partial charge < -0.3 is 9.55 Å². The van der Waals surface area contributed by atoms with E-state index in [2.05, 4.69) is 198 Å². The third kappa shape index (κ3) is 5.03. The molecular formula is C50H36N2. The van der Waals surface area contributed by atoms with Gasteiger partial charge in [0.05, 0.1) is 11.0 Å². The van der Waals surface area contributed by atoms with Crippen LogP contribution >= 0.6 is 0 Å².